The van der Waals surface area contributed by atoms with Gasteiger partial charge < -0.3 is 15.4 Å². The molecule has 0 saturated heterocycles. The topological polar surface area (TPSA) is 67.4 Å². The number of urea groups is 1. The third-order valence-electron chi connectivity index (χ3n) is 3.60. The molecule has 23 heavy (non-hydrogen) atoms. The highest BCUT2D eigenvalue weighted by molar-refractivity contribution is 5.93. The lowest BCUT2D eigenvalue weighted by molar-refractivity contribution is 0.0600. The third kappa shape index (κ3) is 4.32. The molecule has 5 nitrogen and oxygen atoms in total. The van der Waals surface area contributed by atoms with Crippen molar-refractivity contribution in [2.24, 2.45) is 0 Å². The third-order valence-corrected chi connectivity index (χ3v) is 3.60. The minimum Gasteiger partial charge on any atom is -0.465 e. The zero-order chi connectivity index (χ0) is 16.8. The molecule has 0 spiro atoms. The number of carbonyl (C=O) groups is 2. The summed E-state index contributed by atoms with van der Waals surface area (Å²) in [5.41, 5.74) is 4.10. The fourth-order valence-corrected chi connectivity index (χ4v) is 2.20. The molecule has 0 bridgehead atoms. The van der Waals surface area contributed by atoms with Crippen LogP contribution in [0.2, 0.25) is 0 Å². The van der Waals surface area contributed by atoms with Crippen LogP contribution in [0.1, 0.15) is 27.0 Å². The average Bonchev–Trinajstić information content (AvgIpc) is 2.55. The Bertz CT molecular complexity index is 726. The first-order valence-electron chi connectivity index (χ1n) is 7.29. The van der Waals surface area contributed by atoms with Gasteiger partial charge in [0.2, 0.25) is 0 Å². The summed E-state index contributed by atoms with van der Waals surface area (Å²) in [5, 5.41) is 5.60. The van der Waals surface area contributed by atoms with E-state index < -0.39 is 5.97 Å². The summed E-state index contributed by atoms with van der Waals surface area (Å²) in [6.07, 6.45) is 0. The monoisotopic (exact) mass is 312 g/mol. The van der Waals surface area contributed by atoms with Gasteiger partial charge in [-0.05, 0) is 48.7 Å². The first-order chi connectivity index (χ1) is 11.0. The Hall–Kier alpha value is -2.82. The second-order valence-corrected chi connectivity index (χ2v) is 5.26. The molecule has 0 atom stereocenters. The summed E-state index contributed by atoms with van der Waals surface area (Å²) in [6, 6.07) is 12.6. The fourth-order valence-electron chi connectivity index (χ4n) is 2.20. The van der Waals surface area contributed by atoms with Gasteiger partial charge in [-0.2, -0.15) is 0 Å². The van der Waals surface area contributed by atoms with E-state index in [-0.39, 0.29) is 6.03 Å². The van der Waals surface area contributed by atoms with Gasteiger partial charge in [0.25, 0.3) is 0 Å². The van der Waals surface area contributed by atoms with Gasteiger partial charge >= 0.3 is 12.0 Å². The van der Waals surface area contributed by atoms with Gasteiger partial charge in [0.05, 0.1) is 12.7 Å². The SMILES string of the molecule is COC(=O)c1ccc(NC(=O)NCc2ccccc2C)c(C)c1. The number of aryl methyl sites for hydroxylation is 2. The fraction of sp³-hybridized carbons (Fsp3) is 0.222. The van der Waals surface area contributed by atoms with Crippen LogP contribution < -0.4 is 10.6 Å². The molecule has 5 heteroatoms. The first kappa shape index (κ1) is 16.5. The molecule has 0 unspecified atom stereocenters. The van der Waals surface area contributed by atoms with Crippen LogP contribution in [-0.2, 0) is 11.3 Å². The summed E-state index contributed by atoms with van der Waals surface area (Å²) < 4.78 is 4.67. The lowest BCUT2D eigenvalue weighted by Gasteiger charge is -2.12. The highest BCUT2D eigenvalue weighted by Gasteiger charge is 2.09. The van der Waals surface area contributed by atoms with E-state index in [0.717, 1.165) is 16.7 Å². The smallest absolute Gasteiger partial charge is 0.337 e. The second-order valence-electron chi connectivity index (χ2n) is 5.26. The predicted molar refractivity (Wildman–Crippen MR) is 89.6 cm³/mol. The number of hydrogen-bond donors (Lipinski definition) is 2. The van der Waals surface area contributed by atoms with Crippen molar-refractivity contribution in [2.45, 2.75) is 20.4 Å². The molecule has 2 rings (SSSR count). The molecule has 2 N–H and O–H groups in total. The summed E-state index contributed by atoms with van der Waals surface area (Å²) in [4.78, 5) is 23.5. The van der Waals surface area contributed by atoms with Crippen molar-refractivity contribution in [3.8, 4) is 0 Å². The summed E-state index contributed by atoms with van der Waals surface area (Å²) >= 11 is 0. The van der Waals surface area contributed by atoms with Crippen LogP contribution in [-0.4, -0.2) is 19.1 Å². The molecule has 0 fully saturated rings. The summed E-state index contributed by atoms with van der Waals surface area (Å²) in [6.45, 7) is 4.28. The number of anilines is 1. The summed E-state index contributed by atoms with van der Waals surface area (Å²) in [5.74, 6) is -0.399. The van der Waals surface area contributed by atoms with Crippen LogP contribution in [0.4, 0.5) is 10.5 Å². The van der Waals surface area contributed by atoms with E-state index in [1.165, 1.54) is 7.11 Å². The largest absolute Gasteiger partial charge is 0.465 e. The van der Waals surface area contributed by atoms with Crippen molar-refractivity contribution in [3.63, 3.8) is 0 Å². The Morgan fingerprint density at radius 2 is 1.78 bits per heavy atom. The van der Waals surface area contributed by atoms with Crippen LogP contribution in [0, 0.1) is 13.8 Å². The predicted octanol–water partition coefficient (Wildman–Crippen LogP) is 3.41. The van der Waals surface area contributed by atoms with Gasteiger partial charge in [-0.3, -0.25) is 0 Å². The Balaban J connectivity index is 1.98. The van der Waals surface area contributed by atoms with Gasteiger partial charge in [0.1, 0.15) is 0 Å². The molecular formula is C18H20N2O3. The van der Waals surface area contributed by atoms with Crippen molar-refractivity contribution in [2.75, 3.05) is 12.4 Å². The first-order valence-corrected chi connectivity index (χ1v) is 7.29. The van der Waals surface area contributed by atoms with Crippen molar-refractivity contribution in [1.82, 2.24) is 5.32 Å². The quantitative estimate of drug-likeness (QED) is 0.850. The van der Waals surface area contributed by atoms with Crippen LogP contribution >= 0.6 is 0 Å². The molecule has 2 aromatic carbocycles. The Morgan fingerprint density at radius 3 is 2.43 bits per heavy atom. The number of ether oxygens (including phenoxy) is 1. The number of amides is 2. The zero-order valence-electron chi connectivity index (χ0n) is 13.5. The molecule has 0 saturated carbocycles. The maximum atomic E-state index is 12.0. The molecule has 2 amide bonds. The molecular weight excluding hydrogens is 292 g/mol. The maximum absolute atomic E-state index is 12.0. The van der Waals surface area contributed by atoms with Gasteiger partial charge in [0, 0.05) is 12.2 Å². The number of rotatable bonds is 4. The molecule has 0 heterocycles. The van der Waals surface area contributed by atoms with Gasteiger partial charge in [-0.15, -0.1) is 0 Å². The molecule has 0 aliphatic carbocycles. The van der Waals surface area contributed by atoms with Crippen molar-refractivity contribution in [3.05, 3.63) is 64.7 Å². The van der Waals surface area contributed by atoms with Crippen LogP contribution in [0.3, 0.4) is 0 Å². The van der Waals surface area contributed by atoms with Gasteiger partial charge in [-0.1, -0.05) is 24.3 Å². The lowest BCUT2D eigenvalue weighted by atomic mass is 10.1. The van der Waals surface area contributed by atoms with Crippen molar-refractivity contribution >= 4 is 17.7 Å². The molecule has 0 aromatic heterocycles. The van der Waals surface area contributed by atoms with E-state index >= 15 is 0 Å². The maximum Gasteiger partial charge on any atom is 0.337 e. The normalized spacial score (nSPS) is 10.0. The van der Waals surface area contributed by atoms with Crippen LogP contribution in [0.5, 0.6) is 0 Å². The molecule has 0 aliphatic heterocycles. The zero-order valence-corrected chi connectivity index (χ0v) is 13.5. The van der Waals surface area contributed by atoms with Crippen LogP contribution in [0.15, 0.2) is 42.5 Å². The van der Waals surface area contributed by atoms with E-state index in [1.807, 2.05) is 38.1 Å². The van der Waals surface area contributed by atoms with Gasteiger partial charge in [-0.25, -0.2) is 9.59 Å². The van der Waals surface area contributed by atoms with E-state index in [1.54, 1.807) is 18.2 Å². The second kappa shape index (κ2) is 7.45. The highest BCUT2D eigenvalue weighted by atomic mass is 16.5. The van der Waals surface area contributed by atoms with Gasteiger partial charge in [0.15, 0.2) is 0 Å². The van der Waals surface area contributed by atoms with E-state index in [4.69, 9.17) is 0 Å². The number of benzene rings is 2. The molecule has 0 radical (unpaired) electrons. The minimum absolute atomic E-state index is 0.290. The number of hydrogen-bond acceptors (Lipinski definition) is 3. The number of nitrogens with one attached hydrogen (secondary N) is 2. The minimum atomic E-state index is -0.399. The van der Waals surface area contributed by atoms with E-state index in [2.05, 4.69) is 15.4 Å². The molecule has 0 aliphatic rings. The number of carbonyl (C=O) groups excluding carboxylic acids is 2. The van der Waals surface area contributed by atoms with E-state index in [9.17, 15) is 9.59 Å². The van der Waals surface area contributed by atoms with Crippen molar-refractivity contribution < 1.29 is 14.3 Å². The Morgan fingerprint density at radius 1 is 1.04 bits per heavy atom. The van der Waals surface area contributed by atoms with E-state index in [0.29, 0.717) is 17.8 Å². The number of esters is 1. The molecule has 120 valence electrons. The Labute approximate surface area is 135 Å². The lowest BCUT2D eigenvalue weighted by Crippen LogP contribution is -2.28. The highest BCUT2D eigenvalue weighted by Crippen LogP contribution is 2.17. The number of methoxy groups -OCH3 is 1. The average molecular weight is 312 g/mol. The Kier molecular flexibility index (Phi) is 5.36. The van der Waals surface area contributed by atoms with Crippen molar-refractivity contribution in [1.29, 1.82) is 0 Å². The van der Waals surface area contributed by atoms with Crippen LogP contribution in [0.25, 0.3) is 0 Å². The summed E-state index contributed by atoms with van der Waals surface area (Å²) in [7, 11) is 1.34. The standard InChI is InChI=1S/C18H20N2O3/c1-12-6-4-5-7-15(12)11-19-18(22)20-16-9-8-14(10-13(16)2)17(21)23-3/h4-10H,11H2,1-3H3,(H2,19,20,22). The molecule has 2 aromatic rings.